The largest absolute Gasteiger partial charge is 0.451 e. The molecule has 0 radical (unpaired) electrons. The normalized spacial score (nSPS) is 12.2. The molecule has 0 aliphatic heterocycles. The molecule has 0 spiro atoms. The van der Waals surface area contributed by atoms with Crippen molar-refractivity contribution in [2.24, 2.45) is 11.5 Å². The molecule has 0 saturated carbocycles. The van der Waals surface area contributed by atoms with Crippen LogP contribution in [0.1, 0.15) is 16.9 Å². The zero-order valence-corrected chi connectivity index (χ0v) is 15.4. The van der Waals surface area contributed by atoms with E-state index in [1.807, 2.05) is 12.1 Å². The van der Waals surface area contributed by atoms with Gasteiger partial charge in [0.2, 0.25) is 0 Å². The third-order valence-corrected chi connectivity index (χ3v) is 5.77. The van der Waals surface area contributed by atoms with Gasteiger partial charge in [-0.25, -0.2) is 4.57 Å². The molecule has 0 aliphatic rings. The molecular weight excluding hydrogens is 361 g/mol. The van der Waals surface area contributed by atoms with E-state index in [2.05, 4.69) is 0 Å². The Labute approximate surface area is 157 Å². The lowest BCUT2D eigenvalue weighted by atomic mass is 10.1. The molecule has 1 atom stereocenters. The summed E-state index contributed by atoms with van der Waals surface area (Å²) in [5.74, 6) is -0.293. The maximum Gasteiger partial charge on any atom is 0.451 e. The quantitative estimate of drug-likeness (QED) is 0.321. The summed E-state index contributed by atoms with van der Waals surface area (Å²) in [6, 6.07) is 24.1. The van der Waals surface area contributed by atoms with E-state index in [1.165, 1.54) is 0 Å². The van der Waals surface area contributed by atoms with Crippen LogP contribution in [0.15, 0.2) is 84.9 Å². The average Bonchev–Trinajstić information content (AvgIpc) is 2.69. The van der Waals surface area contributed by atoms with Crippen molar-refractivity contribution in [1.29, 1.82) is 5.41 Å². The number of benzene rings is 3. The lowest BCUT2D eigenvalue weighted by Gasteiger charge is -2.25. The fourth-order valence-corrected chi connectivity index (χ4v) is 4.06. The molecule has 1 unspecified atom stereocenters. The predicted octanol–water partition coefficient (Wildman–Crippen LogP) is 4.28. The van der Waals surface area contributed by atoms with Crippen LogP contribution in [0.5, 0.6) is 11.5 Å². The summed E-state index contributed by atoms with van der Waals surface area (Å²) in [7, 11) is -3.82. The summed E-state index contributed by atoms with van der Waals surface area (Å²) in [6.45, 7) is 0. The fraction of sp³-hybridized carbons (Fsp3) is 0.0500. The molecular formula is C20H20N3O3P. The summed E-state index contributed by atoms with van der Waals surface area (Å²) in [6.07, 6.45) is 0. The highest BCUT2D eigenvalue weighted by Gasteiger charge is 2.38. The van der Waals surface area contributed by atoms with E-state index in [-0.39, 0.29) is 5.84 Å². The minimum atomic E-state index is -3.82. The van der Waals surface area contributed by atoms with E-state index < -0.39 is 13.4 Å². The topological polar surface area (TPSA) is 111 Å². The van der Waals surface area contributed by atoms with Crippen molar-refractivity contribution in [3.63, 3.8) is 0 Å². The summed E-state index contributed by atoms with van der Waals surface area (Å²) >= 11 is 0. The molecule has 0 saturated heterocycles. The number of nitrogens with one attached hydrogen (secondary N) is 1. The van der Waals surface area contributed by atoms with Crippen molar-refractivity contribution < 1.29 is 13.6 Å². The van der Waals surface area contributed by atoms with Gasteiger partial charge in [-0.2, -0.15) is 0 Å². The van der Waals surface area contributed by atoms with Crippen LogP contribution in [0.2, 0.25) is 0 Å². The van der Waals surface area contributed by atoms with Gasteiger partial charge in [0.05, 0.1) is 0 Å². The minimum Gasteiger partial charge on any atom is -0.415 e. The number of rotatable bonds is 7. The van der Waals surface area contributed by atoms with Crippen LogP contribution in [0.3, 0.4) is 0 Å². The number of para-hydroxylation sites is 2. The summed E-state index contributed by atoms with van der Waals surface area (Å²) in [5, 5.41) is 7.48. The Morgan fingerprint density at radius 2 is 1.26 bits per heavy atom. The molecule has 7 heteroatoms. The first-order valence-electron chi connectivity index (χ1n) is 8.27. The van der Waals surface area contributed by atoms with E-state index in [4.69, 9.17) is 25.9 Å². The van der Waals surface area contributed by atoms with Gasteiger partial charge >= 0.3 is 7.60 Å². The van der Waals surface area contributed by atoms with Gasteiger partial charge in [0.15, 0.2) is 5.78 Å². The van der Waals surface area contributed by atoms with Gasteiger partial charge < -0.3 is 20.5 Å². The average molecular weight is 381 g/mol. The maximum atomic E-state index is 13.6. The van der Waals surface area contributed by atoms with Crippen LogP contribution >= 0.6 is 7.60 Å². The molecule has 27 heavy (non-hydrogen) atoms. The standard InChI is InChI=1S/C20H20N3O3P/c21-19(22)15-11-13-16(14-12-15)20(23)27(24,25-17-7-3-1-4-8-17)26-18-9-5-2-6-10-18/h1-14,20H,23H2,(H3,21,22). The number of amidine groups is 1. The molecule has 5 N–H and O–H groups in total. The van der Waals surface area contributed by atoms with Crippen LogP contribution in [-0.4, -0.2) is 5.84 Å². The van der Waals surface area contributed by atoms with Crippen LogP contribution < -0.4 is 20.5 Å². The molecule has 3 aromatic rings. The Hall–Kier alpha value is -3.08. The molecule has 0 aliphatic carbocycles. The molecule has 3 aromatic carbocycles. The van der Waals surface area contributed by atoms with Gasteiger partial charge in [0.1, 0.15) is 17.3 Å². The van der Waals surface area contributed by atoms with Crippen molar-refractivity contribution >= 4 is 13.4 Å². The van der Waals surface area contributed by atoms with Crippen LogP contribution in [0, 0.1) is 5.41 Å². The SMILES string of the molecule is N=C(N)c1ccc(C(N)P(=O)(Oc2ccccc2)Oc2ccccc2)cc1. The zero-order valence-electron chi connectivity index (χ0n) is 14.5. The first kappa shape index (κ1) is 18.7. The smallest absolute Gasteiger partial charge is 0.415 e. The van der Waals surface area contributed by atoms with Crippen LogP contribution in [0.4, 0.5) is 0 Å². The highest BCUT2D eigenvalue weighted by molar-refractivity contribution is 7.55. The van der Waals surface area contributed by atoms with Crippen LogP contribution in [-0.2, 0) is 4.57 Å². The van der Waals surface area contributed by atoms with E-state index in [9.17, 15) is 4.57 Å². The second kappa shape index (κ2) is 8.08. The molecule has 6 nitrogen and oxygen atoms in total. The van der Waals surface area contributed by atoms with Gasteiger partial charge in [-0.3, -0.25) is 5.41 Å². The number of nitrogen functional groups attached to an aromatic ring is 1. The molecule has 3 rings (SSSR count). The molecule has 0 heterocycles. The van der Waals surface area contributed by atoms with E-state index in [0.29, 0.717) is 22.6 Å². The molecule has 138 valence electrons. The van der Waals surface area contributed by atoms with Gasteiger partial charge in [-0.15, -0.1) is 0 Å². The van der Waals surface area contributed by atoms with E-state index >= 15 is 0 Å². The van der Waals surface area contributed by atoms with E-state index in [1.54, 1.807) is 72.8 Å². The zero-order chi connectivity index (χ0) is 19.3. The number of hydrogen-bond donors (Lipinski definition) is 3. The van der Waals surface area contributed by atoms with Gasteiger partial charge in [0, 0.05) is 5.56 Å². The Kier molecular flexibility index (Phi) is 5.60. The van der Waals surface area contributed by atoms with Gasteiger partial charge in [-0.1, -0.05) is 60.7 Å². The maximum absolute atomic E-state index is 13.6. The number of nitrogens with two attached hydrogens (primary N) is 2. The third kappa shape index (κ3) is 4.56. The lowest BCUT2D eigenvalue weighted by Crippen LogP contribution is -2.18. The highest BCUT2D eigenvalue weighted by atomic mass is 31.2. The Bertz CT molecular complexity index is 902. The minimum absolute atomic E-state index is 0.0561. The first-order chi connectivity index (χ1) is 13.0. The molecule has 0 bridgehead atoms. The molecule has 0 fully saturated rings. The van der Waals surface area contributed by atoms with Crippen molar-refractivity contribution in [2.75, 3.05) is 0 Å². The van der Waals surface area contributed by atoms with Crippen molar-refractivity contribution in [3.05, 3.63) is 96.1 Å². The predicted molar refractivity (Wildman–Crippen MR) is 106 cm³/mol. The fourth-order valence-electron chi connectivity index (χ4n) is 2.43. The Morgan fingerprint density at radius 1 is 0.815 bits per heavy atom. The monoisotopic (exact) mass is 381 g/mol. The van der Waals surface area contributed by atoms with E-state index in [0.717, 1.165) is 0 Å². The first-order valence-corrected chi connectivity index (χ1v) is 9.88. The second-order valence-electron chi connectivity index (χ2n) is 5.83. The highest BCUT2D eigenvalue weighted by Crippen LogP contribution is 2.57. The number of hydrogen-bond acceptors (Lipinski definition) is 5. The summed E-state index contributed by atoms with van der Waals surface area (Å²) in [5.41, 5.74) is 12.9. The van der Waals surface area contributed by atoms with Gasteiger partial charge in [0.25, 0.3) is 0 Å². The summed E-state index contributed by atoms with van der Waals surface area (Å²) in [4.78, 5) is 0. The van der Waals surface area contributed by atoms with Crippen LogP contribution in [0.25, 0.3) is 0 Å². The Balaban J connectivity index is 1.94. The molecule has 0 aromatic heterocycles. The van der Waals surface area contributed by atoms with Crippen molar-refractivity contribution in [3.8, 4) is 11.5 Å². The lowest BCUT2D eigenvalue weighted by molar-refractivity contribution is 0.373. The van der Waals surface area contributed by atoms with Gasteiger partial charge in [-0.05, 0) is 29.8 Å². The van der Waals surface area contributed by atoms with Crippen molar-refractivity contribution in [2.45, 2.75) is 5.78 Å². The second-order valence-corrected chi connectivity index (χ2v) is 7.83. The van der Waals surface area contributed by atoms with Crippen molar-refractivity contribution in [1.82, 2.24) is 0 Å². The Morgan fingerprint density at radius 3 is 1.67 bits per heavy atom. The molecule has 0 amide bonds. The third-order valence-electron chi connectivity index (χ3n) is 3.86. The summed E-state index contributed by atoms with van der Waals surface area (Å²) < 4.78 is 25.1.